The van der Waals surface area contributed by atoms with E-state index in [9.17, 15) is 20.0 Å². The molecule has 0 bridgehead atoms. The molecule has 0 aromatic heterocycles. The van der Waals surface area contributed by atoms with Crippen LogP contribution >= 0.6 is 0 Å². The Morgan fingerprint density at radius 3 is 2.40 bits per heavy atom. The molecule has 0 spiro atoms. The molecule has 0 aliphatic carbocycles. The van der Waals surface area contributed by atoms with Gasteiger partial charge in [0.05, 0.1) is 10.6 Å². The molecule has 0 aliphatic heterocycles. The minimum atomic E-state index is -0.514. The van der Waals surface area contributed by atoms with Gasteiger partial charge in [0.1, 0.15) is 17.7 Å². The van der Waals surface area contributed by atoms with Crippen LogP contribution in [0.3, 0.4) is 0 Å². The number of hydrogen-bond donors (Lipinski definition) is 1. The first-order valence-electron chi connectivity index (χ1n) is 5.54. The van der Waals surface area contributed by atoms with Gasteiger partial charge in [0, 0.05) is 17.7 Å². The smallest absolute Gasteiger partial charge is 0.269 e. The van der Waals surface area contributed by atoms with Crippen LogP contribution in [-0.2, 0) is 0 Å². The van der Waals surface area contributed by atoms with Gasteiger partial charge in [-0.2, -0.15) is 5.11 Å². The minimum absolute atomic E-state index is 0.0465. The second kappa shape index (κ2) is 5.70. The zero-order valence-corrected chi connectivity index (χ0v) is 10.1. The number of phenols is 1. The second-order valence-corrected chi connectivity index (χ2v) is 3.84. The number of nitrogens with zero attached hydrogens (tertiary/aromatic N) is 3. The highest BCUT2D eigenvalue weighted by Gasteiger charge is 2.04. The van der Waals surface area contributed by atoms with Crippen LogP contribution in [0.2, 0.25) is 0 Å². The first kappa shape index (κ1) is 13.3. The first-order chi connectivity index (χ1) is 9.60. The van der Waals surface area contributed by atoms with Gasteiger partial charge < -0.3 is 5.11 Å². The van der Waals surface area contributed by atoms with Crippen molar-refractivity contribution in [2.24, 2.45) is 10.2 Å². The van der Waals surface area contributed by atoms with Crippen molar-refractivity contribution in [1.29, 1.82) is 0 Å². The van der Waals surface area contributed by atoms with Crippen molar-refractivity contribution >= 4 is 23.3 Å². The van der Waals surface area contributed by atoms with Gasteiger partial charge in [0.25, 0.3) is 5.69 Å². The Balaban J connectivity index is 2.24. The normalized spacial score (nSPS) is 10.6. The molecule has 100 valence electrons. The monoisotopic (exact) mass is 271 g/mol. The van der Waals surface area contributed by atoms with Crippen molar-refractivity contribution in [1.82, 2.24) is 0 Å². The Hall–Kier alpha value is -3.09. The summed E-state index contributed by atoms with van der Waals surface area (Å²) in [5.41, 5.74) is 0.856. The number of benzene rings is 2. The van der Waals surface area contributed by atoms with Crippen LogP contribution in [0.1, 0.15) is 10.4 Å². The van der Waals surface area contributed by atoms with Crippen molar-refractivity contribution in [3.8, 4) is 5.75 Å². The number of aldehydes is 1. The summed E-state index contributed by atoms with van der Waals surface area (Å²) in [5.74, 6) is -0.110. The SMILES string of the molecule is O=Cc1ccc(O)c(N=Nc2ccc([N+](=O)[O-])cc2)c1. The maximum Gasteiger partial charge on any atom is 0.269 e. The summed E-state index contributed by atoms with van der Waals surface area (Å²) in [7, 11) is 0. The van der Waals surface area contributed by atoms with Gasteiger partial charge in [0.2, 0.25) is 0 Å². The molecule has 0 radical (unpaired) electrons. The van der Waals surface area contributed by atoms with Gasteiger partial charge >= 0.3 is 0 Å². The Labute approximate surface area is 113 Å². The molecule has 2 aromatic rings. The molecule has 0 fully saturated rings. The van der Waals surface area contributed by atoms with E-state index in [-0.39, 0.29) is 17.1 Å². The quantitative estimate of drug-likeness (QED) is 0.397. The van der Waals surface area contributed by atoms with Crippen LogP contribution in [0.4, 0.5) is 17.1 Å². The van der Waals surface area contributed by atoms with Crippen LogP contribution in [0.5, 0.6) is 5.75 Å². The third-order valence-corrected chi connectivity index (χ3v) is 2.47. The molecule has 20 heavy (non-hydrogen) atoms. The minimum Gasteiger partial charge on any atom is -0.506 e. The van der Waals surface area contributed by atoms with E-state index >= 15 is 0 Å². The number of phenolic OH excluding ortho intramolecular Hbond substituents is 1. The number of aromatic hydroxyl groups is 1. The van der Waals surface area contributed by atoms with Crippen LogP contribution in [-0.4, -0.2) is 16.3 Å². The summed E-state index contributed by atoms with van der Waals surface area (Å²) in [4.78, 5) is 20.6. The lowest BCUT2D eigenvalue weighted by Crippen LogP contribution is -1.85. The molecular weight excluding hydrogens is 262 g/mol. The molecule has 0 saturated heterocycles. The van der Waals surface area contributed by atoms with Gasteiger partial charge in [-0.1, -0.05) is 0 Å². The fourth-order valence-electron chi connectivity index (χ4n) is 1.45. The highest BCUT2D eigenvalue weighted by molar-refractivity contribution is 5.77. The van der Waals surface area contributed by atoms with Crippen LogP contribution in [0, 0.1) is 10.1 Å². The number of carbonyl (C=O) groups excluding carboxylic acids is 1. The van der Waals surface area contributed by atoms with Crippen molar-refractivity contribution in [2.45, 2.75) is 0 Å². The van der Waals surface area contributed by atoms with E-state index < -0.39 is 4.92 Å². The maximum absolute atomic E-state index is 10.6. The maximum atomic E-state index is 10.6. The van der Waals surface area contributed by atoms with Crippen molar-refractivity contribution in [2.75, 3.05) is 0 Å². The number of nitro benzene ring substituents is 1. The van der Waals surface area contributed by atoms with Gasteiger partial charge in [-0.3, -0.25) is 14.9 Å². The molecule has 7 heteroatoms. The van der Waals surface area contributed by atoms with E-state index in [1.807, 2.05) is 0 Å². The van der Waals surface area contributed by atoms with E-state index in [0.29, 0.717) is 17.5 Å². The molecule has 2 aromatic carbocycles. The Morgan fingerprint density at radius 2 is 1.80 bits per heavy atom. The van der Waals surface area contributed by atoms with Gasteiger partial charge in [-0.25, -0.2) is 0 Å². The molecule has 1 N–H and O–H groups in total. The predicted octanol–water partition coefficient (Wildman–Crippen LogP) is 3.53. The molecule has 0 atom stereocenters. The van der Waals surface area contributed by atoms with Crippen molar-refractivity contribution in [3.63, 3.8) is 0 Å². The average Bonchev–Trinajstić information content (AvgIpc) is 2.47. The number of rotatable bonds is 4. The summed E-state index contributed by atoms with van der Waals surface area (Å²) in [6.45, 7) is 0. The lowest BCUT2D eigenvalue weighted by Gasteiger charge is -1.98. The van der Waals surface area contributed by atoms with E-state index in [1.165, 1.54) is 42.5 Å². The molecule has 7 nitrogen and oxygen atoms in total. The highest BCUT2D eigenvalue weighted by atomic mass is 16.6. The van der Waals surface area contributed by atoms with Crippen molar-refractivity contribution < 1.29 is 14.8 Å². The fraction of sp³-hybridized carbons (Fsp3) is 0. The number of nitro groups is 1. The molecular formula is C13H9N3O4. The molecule has 0 saturated carbocycles. The van der Waals surface area contributed by atoms with Crippen LogP contribution < -0.4 is 0 Å². The Morgan fingerprint density at radius 1 is 1.10 bits per heavy atom. The number of azo groups is 1. The van der Waals surface area contributed by atoms with Crippen molar-refractivity contribution in [3.05, 3.63) is 58.1 Å². The van der Waals surface area contributed by atoms with Crippen LogP contribution in [0.15, 0.2) is 52.7 Å². The molecule has 0 unspecified atom stereocenters. The van der Waals surface area contributed by atoms with Gasteiger partial charge in [-0.05, 0) is 30.3 Å². The number of non-ortho nitro benzene ring substituents is 1. The fourth-order valence-corrected chi connectivity index (χ4v) is 1.45. The number of hydrogen-bond acceptors (Lipinski definition) is 6. The van der Waals surface area contributed by atoms with Gasteiger partial charge in [-0.15, -0.1) is 5.11 Å². The Bertz CT molecular complexity index is 681. The van der Waals surface area contributed by atoms with E-state index in [1.54, 1.807) is 0 Å². The summed E-state index contributed by atoms with van der Waals surface area (Å²) in [6.07, 6.45) is 0.629. The zero-order chi connectivity index (χ0) is 14.5. The van der Waals surface area contributed by atoms with Crippen LogP contribution in [0.25, 0.3) is 0 Å². The van der Waals surface area contributed by atoms with E-state index in [4.69, 9.17) is 0 Å². The van der Waals surface area contributed by atoms with Gasteiger partial charge in [0.15, 0.2) is 0 Å². The largest absolute Gasteiger partial charge is 0.506 e. The summed E-state index contributed by atoms with van der Waals surface area (Å²) >= 11 is 0. The molecule has 2 rings (SSSR count). The lowest BCUT2D eigenvalue weighted by molar-refractivity contribution is -0.384. The highest BCUT2D eigenvalue weighted by Crippen LogP contribution is 2.29. The molecule has 0 aliphatic rings. The Kier molecular flexibility index (Phi) is 3.80. The summed E-state index contributed by atoms with van der Waals surface area (Å²) < 4.78 is 0. The van der Waals surface area contributed by atoms with E-state index in [0.717, 1.165) is 0 Å². The standard InChI is InChI=1S/C13H9N3O4/c17-8-9-1-6-13(18)12(7-9)15-14-10-2-4-11(5-3-10)16(19)20/h1-8,18H. The van der Waals surface area contributed by atoms with E-state index in [2.05, 4.69) is 10.2 Å². The average molecular weight is 271 g/mol. The third-order valence-electron chi connectivity index (χ3n) is 2.47. The summed E-state index contributed by atoms with van der Waals surface area (Å²) in [5, 5.41) is 27.7. The number of carbonyl (C=O) groups is 1. The second-order valence-electron chi connectivity index (χ2n) is 3.84. The lowest BCUT2D eigenvalue weighted by atomic mass is 10.2. The third kappa shape index (κ3) is 3.02. The molecule has 0 heterocycles. The topological polar surface area (TPSA) is 105 Å². The summed E-state index contributed by atoms with van der Waals surface area (Å²) in [6, 6.07) is 9.65. The molecule has 0 amide bonds. The predicted molar refractivity (Wildman–Crippen MR) is 70.8 cm³/mol. The zero-order valence-electron chi connectivity index (χ0n) is 10.1. The first-order valence-corrected chi connectivity index (χ1v) is 5.54.